The molecule has 0 atom stereocenters. The van der Waals surface area contributed by atoms with E-state index in [1.165, 1.54) is 22.8 Å². The van der Waals surface area contributed by atoms with E-state index in [-0.39, 0.29) is 16.6 Å². The maximum atomic E-state index is 12.6. The molecule has 162 valence electrons. The molecule has 1 N–H and O–H groups in total. The molecule has 1 saturated heterocycles. The van der Waals surface area contributed by atoms with E-state index in [4.69, 9.17) is 0 Å². The number of anilines is 1. The Morgan fingerprint density at radius 2 is 1.74 bits per heavy atom. The molecule has 0 aliphatic carbocycles. The lowest BCUT2D eigenvalue weighted by Crippen LogP contribution is -2.47. The molecule has 3 heterocycles. The smallest absolute Gasteiger partial charge is 0.328 e. The van der Waals surface area contributed by atoms with Crippen molar-refractivity contribution in [2.45, 2.75) is 19.4 Å². The maximum absolute atomic E-state index is 12.6. The van der Waals surface area contributed by atoms with Crippen molar-refractivity contribution in [1.82, 2.24) is 24.4 Å². The molecule has 0 amide bonds. The van der Waals surface area contributed by atoms with Crippen LogP contribution < -0.4 is 16.1 Å². The highest BCUT2D eigenvalue weighted by atomic mass is 16.6. The van der Waals surface area contributed by atoms with Crippen LogP contribution in [0.4, 0.5) is 11.6 Å². The molecule has 1 aliphatic rings. The molecule has 0 bridgehead atoms. The number of hydrogen-bond donors (Lipinski definition) is 1. The highest BCUT2D eigenvalue weighted by molar-refractivity contribution is 5.79. The molecular formula is C20H23N7O4. The van der Waals surface area contributed by atoms with Gasteiger partial charge in [0, 0.05) is 57.3 Å². The number of rotatable bonds is 7. The van der Waals surface area contributed by atoms with E-state index in [0.717, 1.165) is 45.1 Å². The van der Waals surface area contributed by atoms with E-state index in [9.17, 15) is 19.7 Å². The molecule has 0 saturated carbocycles. The fourth-order valence-electron chi connectivity index (χ4n) is 3.79. The number of H-pyrrole nitrogens is 1. The van der Waals surface area contributed by atoms with Gasteiger partial charge in [0.2, 0.25) is 5.95 Å². The first-order chi connectivity index (χ1) is 15.0. The van der Waals surface area contributed by atoms with Crippen molar-refractivity contribution in [3.8, 4) is 0 Å². The van der Waals surface area contributed by atoms with Crippen LogP contribution in [0.15, 0.2) is 46.2 Å². The molecule has 11 nitrogen and oxygen atoms in total. The molecule has 2 aromatic heterocycles. The first kappa shape index (κ1) is 20.7. The minimum absolute atomic E-state index is 0.167. The summed E-state index contributed by atoms with van der Waals surface area (Å²) in [6.45, 7) is 4.73. The van der Waals surface area contributed by atoms with Crippen molar-refractivity contribution in [3.05, 3.63) is 67.6 Å². The number of fused-ring (bicyclic) bond motifs is 1. The molecule has 0 spiro atoms. The lowest BCUT2D eigenvalue weighted by atomic mass is 10.2. The number of aromatic amines is 1. The van der Waals surface area contributed by atoms with E-state index in [2.05, 4.69) is 24.8 Å². The summed E-state index contributed by atoms with van der Waals surface area (Å²) in [6, 6.07) is 5.67. The number of aromatic nitrogens is 4. The minimum atomic E-state index is -0.560. The molecule has 1 aromatic carbocycles. The number of non-ortho nitro benzene ring substituents is 1. The maximum Gasteiger partial charge on any atom is 0.328 e. The van der Waals surface area contributed by atoms with Gasteiger partial charge in [0.1, 0.15) is 0 Å². The van der Waals surface area contributed by atoms with Crippen LogP contribution in [0.25, 0.3) is 10.9 Å². The van der Waals surface area contributed by atoms with Crippen LogP contribution in [0.2, 0.25) is 0 Å². The Balaban J connectivity index is 1.31. The van der Waals surface area contributed by atoms with Crippen LogP contribution in [-0.2, 0) is 6.54 Å². The van der Waals surface area contributed by atoms with Crippen molar-refractivity contribution in [3.63, 3.8) is 0 Å². The Morgan fingerprint density at radius 3 is 2.45 bits per heavy atom. The average molecular weight is 425 g/mol. The summed E-state index contributed by atoms with van der Waals surface area (Å²) in [7, 11) is 0. The van der Waals surface area contributed by atoms with E-state index >= 15 is 0 Å². The number of nitro groups is 1. The largest absolute Gasteiger partial charge is 0.338 e. The van der Waals surface area contributed by atoms with Gasteiger partial charge in [-0.05, 0) is 31.5 Å². The second kappa shape index (κ2) is 9.04. The summed E-state index contributed by atoms with van der Waals surface area (Å²) in [5.41, 5.74) is -0.959. The third kappa shape index (κ3) is 4.61. The third-order valence-corrected chi connectivity index (χ3v) is 5.49. The predicted molar refractivity (Wildman–Crippen MR) is 115 cm³/mol. The zero-order valence-electron chi connectivity index (χ0n) is 16.9. The molecule has 3 aromatic rings. The number of benzene rings is 1. The number of nitrogens with zero attached hydrogens (tertiary/aromatic N) is 6. The van der Waals surface area contributed by atoms with Gasteiger partial charge >= 0.3 is 5.69 Å². The van der Waals surface area contributed by atoms with Crippen LogP contribution in [0, 0.1) is 10.1 Å². The highest BCUT2D eigenvalue weighted by Crippen LogP contribution is 2.15. The lowest BCUT2D eigenvalue weighted by Gasteiger charge is -2.34. The first-order valence-electron chi connectivity index (χ1n) is 10.2. The van der Waals surface area contributed by atoms with E-state index in [1.54, 1.807) is 18.5 Å². The summed E-state index contributed by atoms with van der Waals surface area (Å²) >= 11 is 0. The summed E-state index contributed by atoms with van der Waals surface area (Å²) < 4.78 is 1.17. The monoisotopic (exact) mass is 425 g/mol. The molecule has 4 rings (SSSR count). The van der Waals surface area contributed by atoms with E-state index in [1.807, 2.05) is 0 Å². The Morgan fingerprint density at radius 1 is 1.03 bits per heavy atom. The summed E-state index contributed by atoms with van der Waals surface area (Å²) in [5, 5.41) is 11.2. The number of unbranched alkanes of at least 4 members (excludes halogenated alkanes) is 1. The number of nitrogens with one attached hydrogen (secondary N) is 1. The highest BCUT2D eigenvalue weighted by Gasteiger charge is 2.18. The van der Waals surface area contributed by atoms with Gasteiger partial charge in [-0.25, -0.2) is 14.8 Å². The predicted octanol–water partition coefficient (Wildman–Crippen LogP) is 0.990. The second-order valence-corrected chi connectivity index (χ2v) is 7.46. The van der Waals surface area contributed by atoms with Gasteiger partial charge in [-0.3, -0.25) is 24.4 Å². The molecule has 0 radical (unpaired) electrons. The second-order valence-electron chi connectivity index (χ2n) is 7.46. The molecular weight excluding hydrogens is 402 g/mol. The number of piperazine rings is 1. The topological polar surface area (TPSA) is 130 Å². The Labute approximate surface area is 177 Å². The Bertz CT molecular complexity index is 1180. The first-order valence-corrected chi connectivity index (χ1v) is 10.2. The molecule has 11 heteroatoms. The van der Waals surface area contributed by atoms with Crippen molar-refractivity contribution in [2.24, 2.45) is 0 Å². The summed E-state index contributed by atoms with van der Waals surface area (Å²) in [4.78, 5) is 51.0. The van der Waals surface area contributed by atoms with Crippen molar-refractivity contribution >= 4 is 22.5 Å². The third-order valence-electron chi connectivity index (χ3n) is 5.49. The molecule has 1 fully saturated rings. The van der Waals surface area contributed by atoms with Crippen molar-refractivity contribution < 1.29 is 4.92 Å². The van der Waals surface area contributed by atoms with Crippen molar-refractivity contribution in [1.29, 1.82) is 0 Å². The standard InChI is InChI=1S/C20H23N7O4/c28-18-16-5-4-15(27(30)31)14-17(16)23-20(29)26(18)9-2-1-8-24-10-12-25(13-11-24)19-21-6-3-7-22-19/h3-7,14H,1-2,8-13H2,(H,23,29). The van der Waals surface area contributed by atoms with Gasteiger partial charge in [-0.1, -0.05) is 0 Å². The van der Waals surface area contributed by atoms with Gasteiger partial charge < -0.3 is 9.88 Å². The molecule has 1 aliphatic heterocycles. The van der Waals surface area contributed by atoms with Gasteiger partial charge in [-0.2, -0.15) is 0 Å². The van der Waals surface area contributed by atoms with Gasteiger partial charge in [0.05, 0.1) is 15.8 Å². The lowest BCUT2D eigenvalue weighted by molar-refractivity contribution is -0.384. The van der Waals surface area contributed by atoms with Crippen molar-refractivity contribution in [2.75, 3.05) is 37.6 Å². The van der Waals surface area contributed by atoms with Gasteiger partial charge in [0.15, 0.2) is 0 Å². The van der Waals surface area contributed by atoms with E-state index < -0.39 is 16.2 Å². The Kier molecular flexibility index (Phi) is 6.03. The fourth-order valence-corrected chi connectivity index (χ4v) is 3.79. The van der Waals surface area contributed by atoms with Crippen LogP contribution >= 0.6 is 0 Å². The van der Waals surface area contributed by atoms with Crippen LogP contribution in [-0.4, -0.2) is 62.1 Å². The van der Waals surface area contributed by atoms with Crippen LogP contribution in [0.5, 0.6) is 0 Å². The molecule has 31 heavy (non-hydrogen) atoms. The summed E-state index contributed by atoms with van der Waals surface area (Å²) in [5.74, 6) is 0.752. The zero-order chi connectivity index (χ0) is 21.8. The minimum Gasteiger partial charge on any atom is -0.338 e. The quantitative estimate of drug-likeness (QED) is 0.337. The fraction of sp³-hybridized carbons (Fsp3) is 0.400. The number of hydrogen-bond acceptors (Lipinski definition) is 8. The average Bonchev–Trinajstić information content (AvgIpc) is 2.79. The Hall–Kier alpha value is -3.60. The number of nitro benzene ring substituents is 1. The van der Waals surface area contributed by atoms with E-state index in [0.29, 0.717) is 13.0 Å². The SMILES string of the molecule is O=c1[nH]c2cc([N+](=O)[O-])ccc2c(=O)n1CCCCN1CCN(c2ncccn2)CC1. The summed E-state index contributed by atoms with van der Waals surface area (Å²) in [6.07, 6.45) is 5.02. The normalized spacial score (nSPS) is 14.8. The van der Waals surface area contributed by atoms with Gasteiger partial charge in [-0.15, -0.1) is 0 Å². The van der Waals surface area contributed by atoms with Crippen LogP contribution in [0.3, 0.4) is 0 Å². The van der Waals surface area contributed by atoms with Crippen LogP contribution in [0.1, 0.15) is 12.8 Å². The van der Waals surface area contributed by atoms with Gasteiger partial charge in [0.25, 0.3) is 11.2 Å². The zero-order valence-corrected chi connectivity index (χ0v) is 16.9. The molecule has 0 unspecified atom stereocenters.